The number of nitrogens with zero attached hydrogens (tertiary/aromatic N) is 4. The molecule has 2 aromatic carbocycles. The van der Waals surface area contributed by atoms with Crippen molar-refractivity contribution >= 4 is 28.1 Å². The molecule has 0 aliphatic carbocycles. The Kier molecular flexibility index (Phi) is 4.74. The highest BCUT2D eigenvalue weighted by molar-refractivity contribution is 7.98. The smallest absolute Gasteiger partial charge is 0.207 e. The number of rotatable bonds is 5. The standard InChI is InChI=1S/C19H17FN4S2/c1-12-7-8-13(2)16(9-12)25-11-18-23-24-17(21-22-19(24)26-18)10-14-5-3-4-6-15(14)20/h3-9H,10-11H2,1-2H3. The van der Waals surface area contributed by atoms with Crippen molar-refractivity contribution in [1.82, 2.24) is 19.8 Å². The van der Waals surface area contributed by atoms with Gasteiger partial charge in [0.15, 0.2) is 5.82 Å². The van der Waals surface area contributed by atoms with Crippen molar-refractivity contribution in [2.45, 2.75) is 30.9 Å². The van der Waals surface area contributed by atoms with Gasteiger partial charge >= 0.3 is 0 Å². The highest BCUT2D eigenvalue weighted by atomic mass is 32.2. The average Bonchev–Trinajstić information content (AvgIpc) is 3.19. The number of hydrogen-bond donors (Lipinski definition) is 0. The number of thioether (sulfide) groups is 1. The zero-order valence-electron chi connectivity index (χ0n) is 14.4. The molecule has 4 aromatic rings. The van der Waals surface area contributed by atoms with E-state index in [1.165, 1.54) is 33.4 Å². The number of halogens is 1. The molecule has 0 N–H and O–H groups in total. The Balaban J connectivity index is 1.54. The molecule has 0 atom stereocenters. The second kappa shape index (κ2) is 7.17. The van der Waals surface area contributed by atoms with Gasteiger partial charge in [0.05, 0.1) is 5.75 Å². The average molecular weight is 385 g/mol. The van der Waals surface area contributed by atoms with Crippen LogP contribution in [0.2, 0.25) is 0 Å². The van der Waals surface area contributed by atoms with Crippen LogP contribution in [0.4, 0.5) is 4.39 Å². The van der Waals surface area contributed by atoms with Crippen LogP contribution >= 0.6 is 23.1 Å². The third kappa shape index (κ3) is 3.50. The molecule has 2 aromatic heterocycles. The molecule has 0 unspecified atom stereocenters. The lowest BCUT2D eigenvalue weighted by Gasteiger charge is -2.05. The minimum absolute atomic E-state index is 0.231. The Morgan fingerprint density at radius 3 is 2.81 bits per heavy atom. The fraction of sp³-hybridized carbons (Fsp3) is 0.211. The summed E-state index contributed by atoms with van der Waals surface area (Å²) in [6.45, 7) is 4.22. The van der Waals surface area contributed by atoms with E-state index < -0.39 is 0 Å². The first kappa shape index (κ1) is 17.2. The van der Waals surface area contributed by atoms with Gasteiger partial charge in [0.25, 0.3) is 0 Å². The molecule has 2 heterocycles. The second-order valence-electron chi connectivity index (χ2n) is 6.13. The number of hydrogen-bond acceptors (Lipinski definition) is 5. The Hall–Kier alpha value is -2.25. The van der Waals surface area contributed by atoms with E-state index in [0.717, 1.165) is 15.7 Å². The van der Waals surface area contributed by atoms with Crippen molar-refractivity contribution in [3.05, 3.63) is 75.8 Å². The lowest BCUT2D eigenvalue weighted by atomic mass is 10.1. The molecule has 0 radical (unpaired) electrons. The van der Waals surface area contributed by atoms with Crippen molar-refractivity contribution in [2.24, 2.45) is 0 Å². The largest absolute Gasteiger partial charge is 0.234 e. The minimum atomic E-state index is -0.231. The van der Waals surface area contributed by atoms with E-state index in [2.05, 4.69) is 47.3 Å². The van der Waals surface area contributed by atoms with Crippen LogP contribution in [0.3, 0.4) is 0 Å². The monoisotopic (exact) mass is 384 g/mol. The highest BCUT2D eigenvalue weighted by Gasteiger charge is 2.14. The maximum Gasteiger partial charge on any atom is 0.234 e. The van der Waals surface area contributed by atoms with E-state index >= 15 is 0 Å². The number of fused-ring (bicyclic) bond motifs is 1. The lowest BCUT2D eigenvalue weighted by molar-refractivity contribution is 0.611. The van der Waals surface area contributed by atoms with E-state index in [0.29, 0.717) is 17.8 Å². The molecule has 0 fully saturated rings. The fourth-order valence-corrected chi connectivity index (χ4v) is 4.64. The third-order valence-electron chi connectivity index (χ3n) is 4.10. The van der Waals surface area contributed by atoms with Crippen molar-refractivity contribution in [3.63, 3.8) is 0 Å². The predicted molar refractivity (Wildman–Crippen MR) is 103 cm³/mol. The molecule has 0 aliphatic heterocycles. The topological polar surface area (TPSA) is 43.1 Å². The van der Waals surface area contributed by atoms with Crippen molar-refractivity contribution in [3.8, 4) is 0 Å². The summed E-state index contributed by atoms with van der Waals surface area (Å²) in [7, 11) is 0. The molecule has 0 spiro atoms. The minimum Gasteiger partial charge on any atom is -0.207 e. The summed E-state index contributed by atoms with van der Waals surface area (Å²) in [6, 6.07) is 13.2. The Bertz CT molecular complexity index is 1070. The Morgan fingerprint density at radius 2 is 1.96 bits per heavy atom. The van der Waals surface area contributed by atoms with Gasteiger partial charge in [0, 0.05) is 11.3 Å². The van der Waals surface area contributed by atoms with E-state index in [4.69, 9.17) is 0 Å². The van der Waals surface area contributed by atoms with Gasteiger partial charge in [-0.2, -0.15) is 9.61 Å². The van der Waals surface area contributed by atoms with Crippen molar-refractivity contribution < 1.29 is 4.39 Å². The van der Waals surface area contributed by atoms with Gasteiger partial charge in [0.1, 0.15) is 10.8 Å². The number of aryl methyl sites for hydroxylation is 2. The molecule has 4 nitrogen and oxygen atoms in total. The summed E-state index contributed by atoms with van der Waals surface area (Å²) in [4.78, 5) is 2.01. The zero-order chi connectivity index (χ0) is 18.1. The van der Waals surface area contributed by atoms with Gasteiger partial charge in [-0.05, 0) is 37.1 Å². The maximum atomic E-state index is 13.9. The van der Waals surface area contributed by atoms with Crippen LogP contribution in [-0.2, 0) is 12.2 Å². The molecule has 4 rings (SSSR count). The lowest BCUT2D eigenvalue weighted by Crippen LogP contribution is -2.00. The normalized spacial score (nSPS) is 11.3. The SMILES string of the molecule is Cc1ccc(C)c(SCc2nn3c(Cc4ccccc4F)nnc3s2)c1. The zero-order valence-corrected chi connectivity index (χ0v) is 16.1. The van der Waals surface area contributed by atoms with Crippen LogP contribution in [0.1, 0.15) is 27.5 Å². The van der Waals surface area contributed by atoms with Crippen LogP contribution in [-0.4, -0.2) is 19.8 Å². The number of benzene rings is 2. The summed E-state index contributed by atoms with van der Waals surface area (Å²) >= 11 is 3.30. The Morgan fingerprint density at radius 1 is 1.12 bits per heavy atom. The maximum absolute atomic E-state index is 13.9. The summed E-state index contributed by atoms with van der Waals surface area (Å²) in [6.07, 6.45) is 0.376. The molecule has 0 saturated carbocycles. The molecule has 0 saturated heterocycles. The summed E-state index contributed by atoms with van der Waals surface area (Å²) in [5, 5.41) is 14.0. The van der Waals surface area contributed by atoms with Crippen molar-refractivity contribution in [2.75, 3.05) is 0 Å². The molecule has 0 amide bonds. The van der Waals surface area contributed by atoms with Gasteiger partial charge in [-0.15, -0.1) is 22.0 Å². The molecule has 132 valence electrons. The van der Waals surface area contributed by atoms with E-state index in [9.17, 15) is 4.39 Å². The molecule has 7 heteroatoms. The van der Waals surface area contributed by atoms with Gasteiger partial charge in [-0.25, -0.2) is 4.39 Å². The fourth-order valence-electron chi connectivity index (χ4n) is 2.68. The van der Waals surface area contributed by atoms with Gasteiger partial charge in [0.2, 0.25) is 4.96 Å². The molecule has 26 heavy (non-hydrogen) atoms. The van der Waals surface area contributed by atoms with Crippen LogP contribution in [0.15, 0.2) is 47.4 Å². The van der Waals surface area contributed by atoms with Crippen LogP contribution in [0.5, 0.6) is 0 Å². The van der Waals surface area contributed by atoms with Gasteiger partial charge < -0.3 is 0 Å². The van der Waals surface area contributed by atoms with Gasteiger partial charge in [-0.1, -0.05) is 47.2 Å². The van der Waals surface area contributed by atoms with E-state index in [-0.39, 0.29) is 5.82 Å². The highest BCUT2D eigenvalue weighted by Crippen LogP contribution is 2.28. The molecular weight excluding hydrogens is 367 g/mol. The van der Waals surface area contributed by atoms with Crippen molar-refractivity contribution in [1.29, 1.82) is 0 Å². The van der Waals surface area contributed by atoms with Crippen LogP contribution in [0.25, 0.3) is 4.96 Å². The van der Waals surface area contributed by atoms with Gasteiger partial charge in [-0.3, -0.25) is 0 Å². The third-order valence-corrected chi connectivity index (χ3v) is 6.35. The first-order chi connectivity index (χ1) is 12.6. The van der Waals surface area contributed by atoms with E-state index in [1.54, 1.807) is 28.4 Å². The number of aromatic nitrogens is 4. The molecule has 0 bridgehead atoms. The van der Waals surface area contributed by atoms with Crippen LogP contribution in [0, 0.1) is 19.7 Å². The second-order valence-corrected chi connectivity index (χ2v) is 8.19. The van der Waals surface area contributed by atoms with Crippen LogP contribution < -0.4 is 0 Å². The first-order valence-corrected chi connectivity index (χ1v) is 10.0. The first-order valence-electron chi connectivity index (χ1n) is 8.23. The molecule has 0 aliphatic rings. The van der Waals surface area contributed by atoms with E-state index in [1.807, 2.05) is 6.07 Å². The summed E-state index contributed by atoms with van der Waals surface area (Å²) in [5.74, 6) is 1.20. The predicted octanol–water partition coefficient (Wildman–Crippen LogP) is 4.82. The Labute approximate surface area is 159 Å². The summed E-state index contributed by atoms with van der Waals surface area (Å²) in [5.41, 5.74) is 3.12. The summed E-state index contributed by atoms with van der Waals surface area (Å²) < 4.78 is 15.6. The molecular formula is C19H17FN4S2. The quantitative estimate of drug-likeness (QED) is 0.463.